The number of hydrogen-bond donors (Lipinski definition) is 0. The van der Waals surface area contributed by atoms with E-state index in [1.54, 1.807) is 6.92 Å². The molecule has 0 aliphatic rings. The van der Waals surface area contributed by atoms with Crippen molar-refractivity contribution in [3.8, 4) is 0 Å². The molecule has 0 atom stereocenters. The predicted molar refractivity (Wildman–Crippen MR) is 70.4 cm³/mol. The van der Waals surface area contributed by atoms with Gasteiger partial charge in [-0.25, -0.2) is 4.39 Å². The minimum Gasteiger partial charge on any atom is -0.294 e. The van der Waals surface area contributed by atoms with Crippen molar-refractivity contribution >= 4 is 5.78 Å². The summed E-state index contributed by atoms with van der Waals surface area (Å²) in [7, 11) is 0. The minimum absolute atomic E-state index is 0.170. The Morgan fingerprint density at radius 2 is 1.78 bits per heavy atom. The van der Waals surface area contributed by atoms with E-state index < -0.39 is 5.82 Å². The molecule has 2 aromatic rings. The molecule has 92 valence electrons. The zero-order chi connectivity index (χ0) is 13.1. The highest BCUT2D eigenvalue weighted by molar-refractivity contribution is 5.99. The van der Waals surface area contributed by atoms with E-state index in [1.807, 2.05) is 43.3 Å². The van der Waals surface area contributed by atoms with Gasteiger partial charge in [-0.3, -0.25) is 4.79 Å². The smallest absolute Gasteiger partial charge is 0.170 e. The highest BCUT2D eigenvalue weighted by Gasteiger charge is 2.15. The van der Waals surface area contributed by atoms with Gasteiger partial charge in [0.25, 0.3) is 0 Å². The van der Waals surface area contributed by atoms with Gasteiger partial charge in [0.1, 0.15) is 5.82 Å². The van der Waals surface area contributed by atoms with Crippen molar-refractivity contribution in [2.24, 2.45) is 0 Å². The molecule has 0 aliphatic carbocycles. The summed E-state index contributed by atoms with van der Waals surface area (Å²) in [5.74, 6) is -0.593. The van der Waals surface area contributed by atoms with E-state index in [1.165, 1.54) is 6.07 Å². The van der Waals surface area contributed by atoms with Gasteiger partial charge in [-0.1, -0.05) is 36.4 Å². The van der Waals surface area contributed by atoms with Crippen LogP contribution in [0.15, 0.2) is 42.5 Å². The standard InChI is InChI=1S/C16H15FO/c1-11-8-12(2)16(14(17)9-11)15(18)10-13-6-4-3-5-7-13/h3-9H,10H2,1-2H3. The predicted octanol–water partition coefficient (Wildman–Crippen LogP) is 3.87. The second-order valence-corrected chi connectivity index (χ2v) is 4.52. The third-order valence-corrected chi connectivity index (χ3v) is 2.92. The third-order valence-electron chi connectivity index (χ3n) is 2.92. The van der Waals surface area contributed by atoms with E-state index in [9.17, 15) is 9.18 Å². The third kappa shape index (κ3) is 2.65. The molecule has 0 N–H and O–H groups in total. The van der Waals surface area contributed by atoms with Crippen LogP contribution in [0.2, 0.25) is 0 Å². The normalized spacial score (nSPS) is 10.4. The molecule has 0 bridgehead atoms. The van der Waals surface area contributed by atoms with Crippen LogP contribution in [0.4, 0.5) is 4.39 Å². The summed E-state index contributed by atoms with van der Waals surface area (Å²) in [6.45, 7) is 3.59. The van der Waals surface area contributed by atoms with E-state index in [2.05, 4.69) is 0 Å². The number of benzene rings is 2. The summed E-state index contributed by atoms with van der Waals surface area (Å²) in [5.41, 5.74) is 2.65. The number of carbonyl (C=O) groups excluding carboxylic acids is 1. The van der Waals surface area contributed by atoms with Crippen LogP contribution in [0.25, 0.3) is 0 Å². The molecule has 0 unspecified atom stereocenters. The second-order valence-electron chi connectivity index (χ2n) is 4.52. The van der Waals surface area contributed by atoms with Gasteiger partial charge in [0.15, 0.2) is 5.78 Å². The molecule has 0 amide bonds. The van der Waals surface area contributed by atoms with Gasteiger partial charge in [-0.2, -0.15) is 0 Å². The van der Waals surface area contributed by atoms with Gasteiger partial charge in [0.05, 0.1) is 5.56 Å². The van der Waals surface area contributed by atoms with Crippen molar-refractivity contribution in [1.29, 1.82) is 0 Å². The maximum absolute atomic E-state index is 13.8. The Morgan fingerprint density at radius 1 is 1.11 bits per heavy atom. The zero-order valence-electron chi connectivity index (χ0n) is 10.5. The number of halogens is 1. The molecule has 18 heavy (non-hydrogen) atoms. The van der Waals surface area contributed by atoms with E-state index in [0.717, 1.165) is 11.1 Å². The summed E-state index contributed by atoms with van der Waals surface area (Å²) >= 11 is 0. The van der Waals surface area contributed by atoms with Gasteiger partial charge < -0.3 is 0 Å². The van der Waals surface area contributed by atoms with Gasteiger partial charge in [0.2, 0.25) is 0 Å². The number of aryl methyl sites for hydroxylation is 2. The number of hydrogen-bond acceptors (Lipinski definition) is 1. The van der Waals surface area contributed by atoms with Crippen molar-refractivity contribution in [2.75, 3.05) is 0 Å². The maximum Gasteiger partial charge on any atom is 0.170 e. The fraction of sp³-hybridized carbons (Fsp3) is 0.188. The fourth-order valence-corrected chi connectivity index (χ4v) is 2.14. The Kier molecular flexibility index (Phi) is 3.56. The number of carbonyl (C=O) groups is 1. The van der Waals surface area contributed by atoms with Crippen LogP contribution >= 0.6 is 0 Å². The minimum atomic E-state index is -0.423. The van der Waals surface area contributed by atoms with Crippen LogP contribution in [0.1, 0.15) is 27.0 Å². The van der Waals surface area contributed by atoms with Crippen molar-refractivity contribution < 1.29 is 9.18 Å². The Labute approximate surface area is 106 Å². The van der Waals surface area contributed by atoms with Crippen molar-refractivity contribution in [3.05, 3.63) is 70.5 Å². The molecule has 0 fully saturated rings. The van der Waals surface area contributed by atoms with Crippen molar-refractivity contribution in [1.82, 2.24) is 0 Å². The maximum atomic E-state index is 13.8. The quantitative estimate of drug-likeness (QED) is 0.747. The van der Waals surface area contributed by atoms with Crippen molar-refractivity contribution in [2.45, 2.75) is 20.3 Å². The van der Waals surface area contributed by atoms with Crippen LogP contribution in [0.5, 0.6) is 0 Å². The molecular formula is C16H15FO. The van der Waals surface area contributed by atoms with Crippen LogP contribution in [0.3, 0.4) is 0 Å². The molecule has 1 nitrogen and oxygen atoms in total. The molecule has 0 aromatic heterocycles. The van der Waals surface area contributed by atoms with Crippen LogP contribution in [-0.2, 0) is 6.42 Å². The summed E-state index contributed by atoms with van der Waals surface area (Å²) < 4.78 is 13.8. The zero-order valence-corrected chi connectivity index (χ0v) is 10.5. The molecule has 0 heterocycles. The lowest BCUT2D eigenvalue weighted by atomic mass is 9.97. The van der Waals surface area contributed by atoms with E-state index >= 15 is 0 Å². The summed E-state index contributed by atoms with van der Waals surface area (Å²) in [6, 6.07) is 12.6. The van der Waals surface area contributed by atoms with Gasteiger partial charge in [-0.05, 0) is 36.6 Å². The van der Waals surface area contributed by atoms with Crippen LogP contribution < -0.4 is 0 Å². The lowest BCUT2D eigenvalue weighted by Gasteiger charge is -2.08. The molecule has 2 aromatic carbocycles. The van der Waals surface area contributed by atoms with Crippen LogP contribution in [0, 0.1) is 19.7 Å². The van der Waals surface area contributed by atoms with Gasteiger partial charge in [0, 0.05) is 6.42 Å². The molecular weight excluding hydrogens is 227 g/mol. The molecule has 0 spiro atoms. The highest BCUT2D eigenvalue weighted by Crippen LogP contribution is 2.18. The topological polar surface area (TPSA) is 17.1 Å². The monoisotopic (exact) mass is 242 g/mol. The van der Waals surface area contributed by atoms with Gasteiger partial charge >= 0.3 is 0 Å². The molecule has 0 saturated heterocycles. The number of ketones is 1. The second kappa shape index (κ2) is 5.13. The van der Waals surface area contributed by atoms with Crippen LogP contribution in [-0.4, -0.2) is 5.78 Å². The van der Waals surface area contributed by atoms with Gasteiger partial charge in [-0.15, -0.1) is 0 Å². The van der Waals surface area contributed by atoms with Crippen molar-refractivity contribution in [3.63, 3.8) is 0 Å². The lowest BCUT2D eigenvalue weighted by Crippen LogP contribution is -2.09. The number of Topliss-reactive ketones (excluding diaryl/α,β-unsaturated/α-hetero) is 1. The number of rotatable bonds is 3. The average molecular weight is 242 g/mol. The highest BCUT2D eigenvalue weighted by atomic mass is 19.1. The first kappa shape index (κ1) is 12.5. The first-order valence-corrected chi connectivity index (χ1v) is 5.92. The lowest BCUT2D eigenvalue weighted by molar-refractivity contribution is 0.0988. The summed E-state index contributed by atoms with van der Waals surface area (Å²) in [5, 5.41) is 0. The Bertz CT molecular complexity index is 550. The molecule has 0 radical (unpaired) electrons. The first-order chi connectivity index (χ1) is 8.58. The van der Waals surface area contributed by atoms with E-state index in [-0.39, 0.29) is 17.8 Å². The fourth-order valence-electron chi connectivity index (χ4n) is 2.14. The SMILES string of the molecule is Cc1cc(C)c(C(=O)Cc2ccccc2)c(F)c1. The van der Waals surface area contributed by atoms with E-state index in [4.69, 9.17) is 0 Å². The summed E-state index contributed by atoms with van der Waals surface area (Å²) in [4.78, 5) is 12.1. The molecule has 2 rings (SSSR count). The van der Waals surface area contributed by atoms with E-state index in [0.29, 0.717) is 5.56 Å². The first-order valence-electron chi connectivity index (χ1n) is 5.92. The summed E-state index contributed by atoms with van der Waals surface area (Å²) in [6.07, 6.45) is 0.238. The Morgan fingerprint density at radius 3 is 2.39 bits per heavy atom. The average Bonchev–Trinajstić information content (AvgIpc) is 2.28. The molecule has 0 aliphatic heterocycles. The Hall–Kier alpha value is -1.96. The Balaban J connectivity index is 2.30. The molecule has 2 heteroatoms. The largest absolute Gasteiger partial charge is 0.294 e. The molecule has 0 saturated carbocycles.